The van der Waals surface area contributed by atoms with Gasteiger partial charge in [0.05, 0.1) is 16.7 Å². The van der Waals surface area contributed by atoms with Gasteiger partial charge in [-0.3, -0.25) is 0 Å². The van der Waals surface area contributed by atoms with Crippen molar-refractivity contribution >= 4 is 68.5 Å². The smallest absolute Gasteiger partial charge is 0.434 e. The van der Waals surface area contributed by atoms with Crippen LogP contribution in [0.25, 0.3) is 49.7 Å². The van der Waals surface area contributed by atoms with E-state index in [2.05, 4.69) is 223 Å². The molecule has 0 radical (unpaired) electrons. The number of ether oxygens (including phenoxy) is 1. The third-order valence-electron chi connectivity index (χ3n) is 12.4. The van der Waals surface area contributed by atoms with Gasteiger partial charge in [0.2, 0.25) is 0 Å². The summed E-state index contributed by atoms with van der Waals surface area (Å²) in [6.45, 7) is -0.322. The number of aromatic nitrogens is 1. The van der Waals surface area contributed by atoms with E-state index in [1.807, 2.05) is 0 Å². The Balaban J connectivity index is 1.04. The molecule has 3 heterocycles. The quantitative estimate of drug-likeness (QED) is 0.125. The van der Waals surface area contributed by atoms with Gasteiger partial charge in [-0.25, -0.2) is 0 Å². The highest BCUT2D eigenvalue weighted by atomic mass is 28.3. The van der Waals surface area contributed by atoms with Crippen LogP contribution < -0.4 is 41.1 Å². The molecular formula is C54H36BNO2Si. The standard InChI is InChI=1S/C54H36BNO2Si/c1-4-17-39(18-5-1)59(40-19-6-2-7-20-40,41-21-8-3-9-22-41)42-33-31-37(32-34-42)38-35-46-45-25-12-15-30-51(45)58-55-47-26-16-29-50(54(47)57-52(36-38)53(46)55)56-48-27-13-10-23-43(48)44-24-11-14-28-49(44)56/h1-36H. The van der Waals surface area contributed by atoms with Crippen molar-refractivity contribution in [1.82, 2.24) is 4.57 Å². The normalized spacial score (nSPS) is 12.6. The fourth-order valence-electron chi connectivity index (χ4n) is 9.87. The van der Waals surface area contributed by atoms with Crippen molar-refractivity contribution in [2.24, 2.45) is 0 Å². The zero-order valence-corrected chi connectivity index (χ0v) is 33.1. The number of hydrogen-bond donors (Lipinski definition) is 0. The molecule has 0 bridgehead atoms. The molecule has 0 saturated carbocycles. The van der Waals surface area contributed by atoms with Crippen molar-refractivity contribution in [3.8, 4) is 45.2 Å². The summed E-state index contributed by atoms with van der Waals surface area (Å²) in [5.41, 5.74) is 9.82. The number of benzene rings is 9. The minimum atomic E-state index is -2.67. The van der Waals surface area contributed by atoms with Crippen molar-refractivity contribution in [3.63, 3.8) is 0 Å². The first kappa shape index (κ1) is 33.8. The lowest BCUT2D eigenvalue weighted by atomic mass is 9.50. The van der Waals surface area contributed by atoms with Crippen LogP contribution >= 0.6 is 0 Å². The maximum atomic E-state index is 7.21. The molecule has 12 rings (SSSR count). The van der Waals surface area contributed by atoms with E-state index < -0.39 is 8.07 Å². The lowest BCUT2D eigenvalue weighted by Gasteiger charge is -2.35. The Morgan fingerprint density at radius 3 is 1.58 bits per heavy atom. The molecule has 3 nitrogen and oxygen atoms in total. The summed E-state index contributed by atoms with van der Waals surface area (Å²) in [5.74, 6) is 2.52. The first-order valence-electron chi connectivity index (χ1n) is 20.3. The molecular weight excluding hydrogens is 733 g/mol. The maximum absolute atomic E-state index is 7.21. The van der Waals surface area contributed by atoms with E-state index in [4.69, 9.17) is 9.39 Å². The van der Waals surface area contributed by atoms with E-state index >= 15 is 0 Å². The second kappa shape index (κ2) is 13.4. The predicted molar refractivity (Wildman–Crippen MR) is 247 cm³/mol. The summed E-state index contributed by atoms with van der Waals surface area (Å²) in [4.78, 5) is 0. The fourth-order valence-corrected chi connectivity index (χ4v) is 14.6. The molecule has 0 aliphatic carbocycles. The third kappa shape index (κ3) is 5.08. The largest absolute Gasteiger partial charge is 0.551 e. The SMILES string of the molecule is c1ccc([Si](c2ccccc2)(c2ccccc2)c2ccc(-c3cc4c5c(c3)-c3ccccc3OB5c3cccc(-n5c6ccccc6c6ccccc65)c3O4)cc2)cc1. The fraction of sp³-hybridized carbons (Fsp3) is 0. The molecule has 0 unspecified atom stereocenters. The van der Waals surface area contributed by atoms with E-state index in [0.29, 0.717) is 0 Å². The average Bonchev–Trinajstić information content (AvgIpc) is 3.64. The molecule has 9 aromatic carbocycles. The number of hydrogen-bond acceptors (Lipinski definition) is 2. The average molecular weight is 770 g/mol. The summed E-state index contributed by atoms with van der Waals surface area (Å²) in [6.07, 6.45) is 0. The summed E-state index contributed by atoms with van der Waals surface area (Å²) >= 11 is 0. The van der Waals surface area contributed by atoms with Gasteiger partial charge in [0.1, 0.15) is 17.2 Å². The van der Waals surface area contributed by atoms with E-state index in [1.165, 1.54) is 31.5 Å². The maximum Gasteiger partial charge on any atom is 0.434 e. The van der Waals surface area contributed by atoms with E-state index in [-0.39, 0.29) is 6.92 Å². The van der Waals surface area contributed by atoms with Gasteiger partial charge in [0, 0.05) is 27.3 Å². The van der Waals surface area contributed by atoms with E-state index in [9.17, 15) is 0 Å². The number of nitrogens with zero attached hydrogens (tertiary/aromatic N) is 1. The van der Waals surface area contributed by atoms with Crippen LogP contribution in [0.2, 0.25) is 0 Å². The van der Waals surface area contributed by atoms with Crippen molar-refractivity contribution in [2.75, 3.05) is 0 Å². The van der Waals surface area contributed by atoms with Gasteiger partial charge in [0.25, 0.3) is 0 Å². The molecule has 276 valence electrons. The highest BCUT2D eigenvalue weighted by molar-refractivity contribution is 7.19. The number of fused-ring (bicyclic) bond motifs is 7. The minimum absolute atomic E-state index is 0.322. The van der Waals surface area contributed by atoms with Crippen LogP contribution in [-0.2, 0) is 0 Å². The van der Waals surface area contributed by atoms with Gasteiger partial charge < -0.3 is 14.0 Å². The first-order chi connectivity index (χ1) is 29.3. The Bertz CT molecular complexity index is 3070. The Kier molecular flexibility index (Phi) is 7.65. The predicted octanol–water partition coefficient (Wildman–Crippen LogP) is 9.10. The van der Waals surface area contributed by atoms with Crippen LogP contribution in [0.15, 0.2) is 218 Å². The zero-order chi connectivity index (χ0) is 38.9. The molecule has 0 saturated heterocycles. The van der Waals surface area contributed by atoms with Crippen LogP contribution in [0, 0.1) is 0 Å². The lowest BCUT2D eigenvalue weighted by molar-refractivity contribution is 0.478. The Morgan fingerprint density at radius 2 is 0.949 bits per heavy atom. The molecule has 5 heteroatoms. The zero-order valence-electron chi connectivity index (χ0n) is 32.1. The molecule has 2 aliphatic heterocycles. The van der Waals surface area contributed by atoms with Crippen LogP contribution in [-0.4, -0.2) is 19.6 Å². The third-order valence-corrected chi connectivity index (χ3v) is 17.2. The minimum Gasteiger partial charge on any atom is -0.551 e. The van der Waals surface area contributed by atoms with Gasteiger partial charge in [0.15, 0.2) is 8.07 Å². The lowest BCUT2D eigenvalue weighted by Crippen LogP contribution is -2.74. The van der Waals surface area contributed by atoms with E-state index in [1.54, 1.807) is 0 Å². The molecule has 0 spiro atoms. The summed E-state index contributed by atoms with van der Waals surface area (Å²) in [7, 11) is -2.67. The van der Waals surface area contributed by atoms with Crippen molar-refractivity contribution in [2.45, 2.75) is 0 Å². The highest BCUT2D eigenvalue weighted by Gasteiger charge is 2.43. The van der Waals surface area contributed by atoms with Gasteiger partial charge >= 0.3 is 6.92 Å². The number of para-hydroxylation sites is 4. The van der Waals surface area contributed by atoms with Crippen LogP contribution in [0.1, 0.15) is 0 Å². The van der Waals surface area contributed by atoms with Crippen LogP contribution in [0.3, 0.4) is 0 Å². The Hall–Kier alpha value is -7.34. The summed E-state index contributed by atoms with van der Waals surface area (Å²) < 4.78 is 16.5. The topological polar surface area (TPSA) is 23.4 Å². The van der Waals surface area contributed by atoms with E-state index in [0.717, 1.165) is 67.1 Å². The van der Waals surface area contributed by atoms with Gasteiger partial charge in [-0.1, -0.05) is 182 Å². The Labute approximate surface area is 344 Å². The van der Waals surface area contributed by atoms with Crippen LogP contribution in [0.4, 0.5) is 0 Å². The molecule has 10 aromatic rings. The highest BCUT2D eigenvalue weighted by Crippen LogP contribution is 2.44. The second-order valence-electron chi connectivity index (χ2n) is 15.5. The van der Waals surface area contributed by atoms with Gasteiger partial charge in [-0.2, -0.15) is 0 Å². The Morgan fingerprint density at radius 1 is 0.407 bits per heavy atom. The van der Waals surface area contributed by atoms with Crippen molar-refractivity contribution < 1.29 is 9.39 Å². The van der Waals surface area contributed by atoms with Gasteiger partial charge in [-0.15, -0.1) is 0 Å². The molecule has 0 N–H and O–H groups in total. The molecule has 0 atom stereocenters. The molecule has 0 fully saturated rings. The molecule has 2 aliphatic rings. The van der Waals surface area contributed by atoms with Crippen molar-refractivity contribution in [3.05, 3.63) is 218 Å². The van der Waals surface area contributed by atoms with Gasteiger partial charge in [-0.05, 0) is 73.8 Å². The first-order valence-corrected chi connectivity index (χ1v) is 22.3. The summed E-state index contributed by atoms with van der Waals surface area (Å²) in [5, 5.41) is 7.84. The second-order valence-corrected chi connectivity index (χ2v) is 19.3. The van der Waals surface area contributed by atoms with Crippen molar-refractivity contribution in [1.29, 1.82) is 0 Å². The summed E-state index contributed by atoms with van der Waals surface area (Å²) in [6, 6.07) is 79.3. The molecule has 1 aromatic heterocycles. The number of rotatable bonds is 6. The molecule has 59 heavy (non-hydrogen) atoms. The van der Waals surface area contributed by atoms with Crippen LogP contribution in [0.5, 0.6) is 17.2 Å². The monoisotopic (exact) mass is 769 g/mol. The molecule has 0 amide bonds.